The molecule has 0 aliphatic heterocycles. The molecule has 0 spiro atoms. The second-order valence-corrected chi connectivity index (χ2v) is 6.45. The van der Waals surface area contributed by atoms with E-state index in [1.807, 2.05) is 12.1 Å². The van der Waals surface area contributed by atoms with Gasteiger partial charge in [-0.05, 0) is 59.5 Å². The van der Waals surface area contributed by atoms with Crippen LogP contribution in [0.15, 0.2) is 16.8 Å². The molecule has 1 aromatic carbocycles. The summed E-state index contributed by atoms with van der Waals surface area (Å²) < 4.78 is 4.85. The van der Waals surface area contributed by atoms with Crippen LogP contribution in [0.25, 0.3) is 11.0 Å². The Morgan fingerprint density at radius 3 is 2.85 bits per heavy atom. The van der Waals surface area contributed by atoms with Gasteiger partial charge in [-0.2, -0.15) is 0 Å². The van der Waals surface area contributed by atoms with Crippen molar-refractivity contribution in [3.8, 4) is 0 Å². The molecular formula is C15H20N4O. The number of aromatic nitrogens is 2. The van der Waals surface area contributed by atoms with Gasteiger partial charge in [0, 0.05) is 13.6 Å². The quantitative estimate of drug-likeness (QED) is 0.870. The molecule has 2 aromatic rings. The molecule has 106 valence electrons. The molecule has 1 aromatic heterocycles. The molecule has 2 saturated carbocycles. The van der Waals surface area contributed by atoms with E-state index in [1.165, 1.54) is 25.7 Å². The summed E-state index contributed by atoms with van der Waals surface area (Å²) in [4.78, 5) is 2.29. The molecule has 2 aliphatic carbocycles. The van der Waals surface area contributed by atoms with E-state index in [2.05, 4.69) is 22.3 Å². The molecule has 2 bridgehead atoms. The van der Waals surface area contributed by atoms with Crippen LogP contribution in [0.2, 0.25) is 0 Å². The molecule has 2 N–H and O–H groups in total. The number of hydrogen-bond donors (Lipinski definition) is 1. The topological polar surface area (TPSA) is 68.2 Å². The van der Waals surface area contributed by atoms with Crippen LogP contribution in [0.1, 0.15) is 25.7 Å². The van der Waals surface area contributed by atoms with Crippen molar-refractivity contribution in [2.45, 2.75) is 25.7 Å². The maximum atomic E-state index is 5.90. The van der Waals surface area contributed by atoms with Crippen LogP contribution in [0, 0.1) is 17.8 Å². The standard InChI is InChI=1S/C15H20N4O/c1-19(8-11-7-9-2-3-10(11)6-9)13-5-4-12(16)14-15(13)18-20-17-14/h4-5,9-11H,2-3,6-8,16H2,1H3. The molecule has 1 heterocycles. The average Bonchev–Trinajstić information content (AvgIpc) is 3.14. The van der Waals surface area contributed by atoms with Gasteiger partial charge >= 0.3 is 0 Å². The van der Waals surface area contributed by atoms with E-state index in [-0.39, 0.29) is 0 Å². The largest absolute Gasteiger partial charge is 0.397 e. The summed E-state index contributed by atoms with van der Waals surface area (Å²) in [5, 5.41) is 7.91. The lowest BCUT2D eigenvalue weighted by molar-refractivity contribution is 0.315. The molecule has 0 saturated heterocycles. The molecule has 2 aliphatic rings. The van der Waals surface area contributed by atoms with Crippen molar-refractivity contribution in [1.82, 2.24) is 10.3 Å². The highest BCUT2D eigenvalue weighted by atomic mass is 16.6. The van der Waals surface area contributed by atoms with Gasteiger partial charge in [0.05, 0.1) is 11.4 Å². The first-order chi connectivity index (χ1) is 9.72. The van der Waals surface area contributed by atoms with Gasteiger partial charge < -0.3 is 10.6 Å². The van der Waals surface area contributed by atoms with Gasteiger partial charge in [0.2, 0.25) is 0 Å². The van der Waals surface area contributed by atoms with Crippen LogP contribution < -0.4 is 10.6 Å². The van der Waals surface area contributed by atoms with Gasteiger partial charge in [-0.25, -0.2) is 4.63 Å². The highest BCUT2D eigenvalue weighted by Gasteiger charge is 2.39. The van der Waals surface area contributed by atoms with Crippen molar-refractivity contribution >= 4 is 22.4 Å². The van der Waals surface area contributed by atoms with Gasteiger partial charge in [-0.15, -0.1) is 0 Å². The monoisotopic (exact) mass is 272 g/mol. The first kappa shape index (κ1) is 12.0. The molecule has 2 fully saturated rings. The van der Waals surface area contributed by atoms with Crippen molar-refractivity contribution < 1.29 is 4.63 Å². The average molecular weight is 272 g/mol. The molecule has 5 nitrogen and oxygen atoms in total. The second-order valence-electron chi connectivity index (χ2n) is 6.45. The fourth-order valence-corrected chi connectivity index (χ4v) is 4.23. The lowest BCUT2D eigenvalue weighted by Crippen LogP contribution is -2.28. The third kappa shape index (κ3) is 1.76. The number of nitrogens with two attached hydrogens (primary N) is 1. The minimum absolute atomic E-state index is 0.623. The number of benzene rings is 1. The summed E-state index contributed by atoms with van der Waals surface area (Å²) in [6.07, 6.45) is 5.71. The predicted molar refractivity (Wildman–Crippen MR) is 78.4 cm³/mol. The summed E-state index contributed by atoms with van der Waals surface area (Å²) >= 11 is 0. The van der Waals surface area contributed by atoms with E-state index < -0.39 is 0 Å². The summed E-state index contributed by atoms with van der Waals surface area (Å²) in [6.45, 7) is 1.09. The zero-order valence-electron chi connectivity index (χ0n) is 11.7. The van der Waals surface area contributed by atoms with Crippen molar-refractivity contribution in [2.75, 3.05) is 24.2 Å². The molecule has 4 rings (SSSR count). The molecular weight excluding hydrogens is 252 g/mol. The highest BCUT2D eigenvalue weighted by molar-refractivity contribution is 5.95. The second kappa shape index (κ2) is 4.36. The van der Waals surface area contributed by atoms with Crippen LogP contribution in [-0.4, -0.2) is 23.9 Å². The summed E-state index contributed by atoms with van der Waals surface area (Å²) in [7, 11) is 2.13. The number of anilines is 2. The highest BCUT2D eigenvalue weighted by Crippen LogP contribution is 2.48. The Bertz CT molecular complexity index is 638. The van der Waals surface area contributed by atoms with Crippen molar-refractivity contribution in [1.29, 1.82) is 0 Å². The van der Waals surface area contributed by atoms with Crippen molar-refractivity contribution in [3.05, 3.63) is 12.1 Å². The van der Waals surface area contributed by atoms with Gasteiger partial charge in [0.15, 0.2) is 11.0 Å². The molecule has 0 amide bonds. The van der Waals surface area contributed by atoms with E-state index in [4.69, 9.17) is 10.4 Å². The summed E-state index contributed by atoms with van der Waals surface area (Å²) in [6, 6.07) is 3.91. The minimum Gasteiger partial charge on any atom is -0.397 e. The van der Waals surface area contributed by atoms with E-state index in [1.54, 1.807) is 0 Å². The van der Waals surface area contributed by atoms with Crippen LogP contribution in [0.5, 0.6) is 0 Å². The number of nitrogen functional groups attached to an aromatic ring is 1. The lowest BCUT2D eigenvalue weighted by atomic mass is 9.88. The van der Waals surface area contributed by atoms with Crippen LogP contribution in [0.3, 0.4) is 0 Å². The zero-order chi connectivity index (χ0) is 13.7. The molecule has 3 unspecified atom stereocenters. The first-order valence-electron chi connectivity index (χ1n) is 7.44. The molecule has 20 heavy (non-hydrogen) atoms. The third-order valence-corrected chi connectivity index (χ3v) is 5.23. The van der Waals surface area contributed by atoms with Gasteiger partial charge in [0.25, 0.3) is 0 Å². The molecule has 0 radical (unpaired) electrons. The smallest absolute Gasteiger partial charge is 0.160 e. The third-order valence-electron chi connectivity index (χ3n) is 5.23. The fraction of sp³-hybridized carbons (Fsp3) is 0.600. The van der Waals surface area contributed by atoms with Gasteiger partial charge in [-0.3, -0.25) is 0 Å². The number of hydrogen-bond acceptors (Lipinski definition) is 5. The Morgan fingerprint density at radius 2 is 2.10 bits per heavy atom. The van der Waals surface area contributed by atoms with Crippen molar-refractivity contribution in [2.24, 2.45) is 17.8 Å². The predicted octanol–water partition coefficient (Wildman–Crippen LogP) is 2.68. The van der Waals surface area contributed by atoms with E-state index in [9.17, 15) is 0 Å². The van der Waals surface area contributed by atoms with Crippen LogP contribution in [0.4, 0.5) is 11.4 Å². The maximum Gasteiger partial charge on any atom is 0.160 e. The minimum atomic E-state index is 0.623. The lowest BCUT2D eigenvalue weighted by Gasteiger charge is -2.28. The Hall–Kier alpha value is -1.78. The Kier molecular flexibility index (Phi) is 2.62. The fourth-order valence-electron chi connectivity index (χ4n) is 4.23. The van der Waals surface area contributed by atoms with Crippen LogP contribution >= 0.6 is 0 Å². The molecule has 3 atom stereocenters. The van der Waals surface area contributed by atoms with Crippen LogP contribution in [-0.2, 0) is 0 Å². The maximum absolute atomic E-state index is 5.90. The summed E-state index contributed by atoms with van der Waals surface area (Å²) in [5.41, 5.74) is 9.04. The Morgan fingerprint density at radius 1 is 1.25 bits per heavy atom. The zero-order valence-corrected chi connectivity index (χ0v) is 11.7. The van der Waals surface area contributed by atoms with Crippen molar-refractivity contribution in [3.63, 3.8) is 0 Å². The van der Waals surface area contributed by atoms with Gasteiger partial charge in [0.1, 0.15) is 0 Å². The van der Waals surface area contributed by atoms with E-state index >= 15 is 0 Å². The number of rotatable bonds is 3. The normalized spacial score (nSPS) is 28.4. The van der Waals surface area contributed by atoms with Gasteiger partial charge in [-0.1, -0.05) is 6.42 Å². The Balaban J connectivity index is 1.59. The number of fused-ring (bicyclic) bond motifs is 3. The SMILES string of the molecule is CN(CC1CC2CCC1C2)c1ccc(N)c2nonc12. The first-order valence-corrected chi connectivity index (χ1v) is 7.44. The van der Waals surface area contributed by atoms with E-state index in [0.29, 0.717) is 11.2 Å². The van der Waals surface area contributed by atoms with E-state index in [0.717, 1.165) is 35.5 Å². The Labute approximate surface area is 118 Å². The summed E-state index contributed by atoms with van der Waals surface area (Å²) in [5.74, 6) is 2.74. The number of nitrogens with zero attached hydrogens (tertiary/aromatic N) is 3. The molecule has 5 heteroatoms.